The summed E-state index contributed by atoms with van der Waals surface area (Å²) in [4.78, 5) is 0. The molecule has 0 saturated carbocycles. The molecule has 0 aliphatic carbocycles. The number of nitrogens with zero attached hydrogens (tertiary/aromatic N) is 1. The molecule has 0 amide bonds. The van der Waals surface area contributed by atoms with Crippen molar-refractivity contribution in [1.82, 2.24) is 4.00 Å². The predicted octanol–water partition coefficient (Wildman–Crippen LogP) is 4.32. The highest BCUT2D eigenvalue weighted by Gasteiger charge is 2.56. The van der Waals surface area contributed by atoms with E-state index in [0.29, 0.717) is 0 Å². The van der Waals surface area contributed by atoms with Crippen LogP contribution in [-0.2, 0) is 4.57 Å². The van der Waals surface area contributed by atoms with Crippen LogP contribution in [0.2, 0.25) is 36.3 Å². The average molecular weight is 324 g/mol. The largest absolute Gasteiger partial charge is 0.273 e. The monoisotopic (exact) mass is 323 g/mol. The zero-order chi connectivity index (χ0) is 16.1. The van der Waals surface area contributed by atoms with Gasteiger partial charge in [-0.1, -0.05) is 67.7 Å². The van der Waals surface area contributed by atoms with Gasteiger partial charge < -0.3 is 0 Å². The quantitative estimate of drug-likeness (QED) is 0.599. The van der Waals surface area contributed by atoms with Gasteiger partial charge in [0, 0.05) is 0 Å². The number of rotatable bonds is 3. The van der Waals surface area contributed by atoms with E-state index in [1.54, 1.807) is 0 Å². The predicted molar refractivity (Wildman–Crippen MR) is 92.2 cm³/mol. The molecule has 4 nitrogen and oxygen atoms in total. The molecule has 116 valence electrons. The molecule has 0 atom stereocenters. The maximum Gasteiger partial charge on any atom is 0.263 e. The molecule has 0 bridgehead atoms. The highest BCUT2D eigenvalue weighted by molar-refractivity contribution is 7.61. The molecule has 4 N–H and O–H groups in total. The van der Waals surface area contributed by atoms with E-state index in [0.717, 1.165) is 0 Å². The highest BCUT2D eigenvalue weighted by atomic mass is 31.2. The Labute approximate surface area is 122 Å². The molecule has 0 aliphatic heterocycles. The molecule has 0 heterocycles. The van der Waals surface area contributed by atoms with E-state index in [1.807, 2.05) is 0 Å². The molecule has 0 saturated heterocycles. The van der Waals surface area contributed by atoms with Crippen molar-refractivity contribution in [2.75, 3.05) is 0 Å². The van der Waals surface area contributed by atoms with Crippen LogP contribution in [-0.4, -0.2) is 20.5 Å². The Morgan fingerprint density at radius 3 is 1.11 bits per heavy atom. The number of hydrogen-bond donors (Lipinski definition) is 2. The van der Waals surface area contributed by atoms with Gasteiger partial charge in [0.25, 0.3) is 7.59 Å². The summed E-state index contributed by atoms with van der Waals surface area (Å²) in [6.45, 7) is 22.2. The van der Waals surface area contributed by atoms with Crippen molar-refractivity contribution < 1.29 is 4.57 Å². The Balaban J connectivity index is 6.13. The van der Waals surface area contributed by atoms with Gasteiger partial charge >= 0.3 is 0 Å². The minimum atomic E-state index is -3.26. The fourth-order valence-corrected chi connectivity index (χ4v) is 19.0. The zero-order valence-corrected chi connectivity index (χ0v) is 17.4. The van der Waals surface area contributed by atoms with Gasteiger partial charge in [0.1, 0.15) is 16.5 Å². The van der Waals surface area contributed by atoms with E-state index in [1.165, 1.54) is 0 Å². The van der Waals surface area contributed by atoms with Crippen molar-refractivity contribution in [2.24, 2.45) is 11.0 Å². The maximum absolute atomic E-state index is 12.7. The Morgan fingerprint density at radius 2 is 1.00 bits per heavy atom. The second-order valence-corrected chi connectivity index (χ2v) is 21.7. The number of hydrogen-bond acceptors (Lipinski definition) is 1. The minimum Gasteiger partial charge on any atom is -0.273 e. The Hall–Kier alpha value is 0.544. The van der Waals surface area contributed by atoms with Crippen LogP contribution in [0.5, 0.6) is 0 Å². The van der Waals surface area contributed by atoms with E-state index in [2.05, 4.69) is 71.7 Å². The van der Waals surface area contributed by atoms with Gasteiger partial charge in [0.15, 0.2) is 0 Å². The van der Waals surface area contributed by atoms with Gasteiger partial charge in [-0.3, -0.25) is 19.6 Å². The third-order valence-corrected chi connectivity index (χ3v) is 23.4. The summed E-state index contributed by atoms with van der Waals surface area (Å²) in [5.41, 5.74) is 11.9. The summed E-state index contributed by atoms with van der Waals surface area (Å²) in [6.07, 6.45) is 0. The molecule has 0 radical (unpaired) electrons. The minimum absolute atomic E-state index is 0.0664. The summed E-state index contributed by atoms with van der Waals surface area (Å²) in [6, 6.07) is 0. The van der Waals surface area contributed by atoms with Crippen molar-refractivity contribution in [3.8, 4) is 0 Å². The molecular formula is C12H34N3OPSi2. The molecule has 0 aromatic rings. The SMILES string of the molecule is CC(C)(C)[Si](C)(C)N([Si](C)(C)C(C)(C)C)P(N)(N)=O. The Kier molecular flexibility index (Phi) is 5.22. The van der Waals surface area contributed by atoms with Crippen molar-refractivity contribution >= 4 is 24.1 Å². The van der Waals surface area contributed by atoms with Crippen LogP contribution < -0.4 is 11.0 Å². The Morgan fingerprint density at radius 1 is 0.789 bits per heavy atom. The van der Waals surface area contributed by atoms with Crippen LogP contribution in [0.1, 0.15) is 41.5 Å². The van der Waals surface area contributed by atoms with Crippen LogP contribution in [0.3, 0.4) is 0 Å². The molecule has 19 heavy (non-hydrogen) atoms. The lowest BCUT2D eigenvalue weighted by molar-refractivity contribution is 0.541. The molecule has 0 aliphatic rings. The van der Waals surface area contributed by atoms with E-state index >= 15 is 0 Å². The lowest BCUT2D eigenvalue weighted by Crippen LogP contribution is -2.68. The lowest BCUT2D eigenvalue weighted by Gasteiger charge is -2.57. The fraction of sp³-hybridized carbons (Fsp3) is 1.00. The summed E-state index contributed by atoms with van der Waals surface area (Å²) < 4.78 is 14.8. The van der Waals surface area contributed by atoms with Gasteiger partial charge in [0.2, 0.25) is 0 Å². The van der Waals surface area contributed by atoms with E-state index < -0.39 is 24.1 Å². The second-order valence-electron chi connectivity index (χ2n) is 8.60. The lowest BCUT2D eigenvalue weighted by atomic mass is 10.2. The van der Waals surface area contributed by atoms with Crippen LogP contribution in [0, 0.1) is 0 Å². The molecule has 0 unspecified atom stereocenters. The molecule has 0 aromatic heterocycles. The van der Waals surface area contributed by atoms with Crippen LogP contribution in [0.4, 0.5) is 0 Å². The second kappa shape index (κ2) is 5.07. The zero-order valence-electron chi connectivity index (χ0n) is 14.5. The first-order chi connectivity index (χ1) is 7.87. The van der Waals surface area contributed by atoms with Gasteiger partial charge in [0.05, 0.1) is 0 Å². The number of nitrogens with two attached hydrogens (primary N) is 2. The van der Waals surface area contributed by atoms with E-state index in [-0.39, 0.29) is 10.1 Å². The van der Waals surface area contributed by atoms with Crippen molar-refractivity contribution in [1.29, 1.82) is 0 Å². The fourth-order valence-electron chi connectivity index (χ4n) is 2.12. The molecule has 0 aromatic carbocycles. The van der Waals surface area contributed by atoms with Crippen molar-refractivity contribution in [3.63, 3.8) is 0 Å². The standard InChI is InChI=1S/C12H34N3OPSi2/c1-11(2,3)18(7,8)15(17(13,14)16)19(9,10)12(4,5)6/h1-10H3,(H4,13,14,16). The van der Waals surface area contributed by atoms with Gasteiger partial charge in [-0.15, -0.1) is 0 Å². The first-order valence-corrected chi connectivity index (χ1v) is 14.5. The van der Waals surface area contributed by atoms with Gasteiger partial charge in [-0.25, -0.2) is 0 Å². The van der Waals surface area contributed by atoms with Crippen LogP contribution >= 0.6 is 7.59 Å². The average Bonchev–Trinajstić information content (AvgIpc) is 1.93. The summed E-state index contributed by atoms with van der Waals surface area (Å²) in [5, 5.41) is 0.133. The normalized spacial score (nSPS) is 16.1. The third-order valence-electron chi connectivity index (χ3n) is 5.04. The van der Waals surface area contributed by atoms with E-state index in [9.17, 15) is 4.57 Å². The topological polar surface area (TPSA) is 72.3 Å². The molecular weight excluding hydrogens is 289 g/mol. The van der Waals surface area contributed by atoms with Crippen molar-refractivity contribution in [2.45, 2.75) is 77.8 Å². The molecule has 0 spiro atoms. The molecule has 0 rings (SSSR count). The Bertz CT molecular complexity index is 351. The van der Waals surface area contributed by atoms with Gasteiger partial charge in [-0.05, 0) is 10.1 Å². The first-order valence-electron chi connectivity index (χ1n) is 6.85. The van der Waals surface area contributed by atoms with Crippen LogP contribution in [0.25, 0.3) is 0 Å². The smallest absolute Gasteiger partial charge is 0.263 e. The summed E-state index contributed by atoms with van der Waals surface area (Å²) in [7, 11) is -7.32. The summed E-state index contributed by atoms with van der Waals surface area (Å²) >= 11 is 0. The maximum atomic E-state index is 12.7. The summed E-state index contributed by atoms with van der Waals surface area (Å²) in [5.74, 6) is 0. The molecule has 7 heteroatoms. The molecule has 0 fully saturated rings. The van der Waals surface area contributed by atoms with Crippen molar-refractivity contribution in [3.05, 3.63) is 0 Å². The van der Waals surface area contributed by atoms with E-state index in [4.69, 9.17) is 11.0 Å². The highest BCUT2D eigenvalue weighted by Crippen LogP contribution is 2.55. The van der Waals surface area contributed by atoms with Crippen LogP contribution in [0.15, 0.2) is 0 Å². The van der Waals surface area contributed by atoms with Gasteiger partial charge in [-0.2, -0.15) is 0 Å². The first kappa shape index (κ1) is 19.5. The third kappa shape index (κ3) is 3.80.